The van der Waals surface area contributed by atoms with Crippen LogP contribution in [0.2, 0.25) is 0 Å². The molecule has 180 valence electrons. The number of carbonyl (C=O) groups is 2. The SMILES string of the molecule is O=C(Cn1c(=O)cc(C(=O)N2CCc3ccccc3C2)c2ccccc21)Nc1ccc2c(c1)OCO2. The minimum atomic E-state index is -0.407. The summed E-state index contributed by atoms with van der Waals surface area (Å²) in [5, 5.41) is 3.44. The number of pyridine rings is 1. The van der Waals surface area contributed by atoms with Crippen LogP contribution in [0, 0.1) is 0 Å². The Kier molecular flexibility index (Phi) is 5.41. The topological polar surface area (TPSA) is 89.9 Å². The van der Waals surface area contributed by atoms with Crippen molar-refractivity contribution in [3.63, 3.8) is 0 Å². The Labute approximate surface area is 206 Å². The molecule has 0 unspecified atom stereocenters. The molecule has 8 nitrogen and oxygen atoms in total. The average Bonchev–Trinajstić information content (AvgIpc) is 3.37. The van der Waals surface area contributed by atoms with Crippen LogP contribution in [0.1, 0.15) is 21.5 Å². The molecule has 0 atom stereocenters. The third-order valence-electron chi connectivity index (χ3n) is 6.63. The Balaban J connectivity index is 1.28. The lowest BCUT2D eigenvalue weighted by atomic mass is 9.98. The molecule has 1 aromatic heterocycles. The second kappa shape index (κ2) is 8.88. The van der Waals surface area contributed by atoms with Gasteiger partial charge in [0.2, 0.25) is 12.7 Å². The molecule has 2 aliphatic rings. The molecule has 0 saturated carbocycles. The summed E-state index contributed by atoms with van der Waals surface area (Å²) in [4.78, 5) is 41.3. The lowest BCUT2D eigenvalue weighted by Crippen LogP contribution is -2.37. The van der Waals surface area contributed by atoms with Crippen molar-refractivity contribution in [2.75, 3.05) is 18.7 Å². The minimum absolute atomic E-state index is 0.142. The first kappa shape index (κ1) is 21.9. The first-order valence-electron chi connectivity index (χ1n) is 11.7. The Morgan fingerprint density at radius 2 is 1.67 bits per heavy atom. The Hall–Kier alpha value is -4.59. The maximum atomic E-state index is 13.5. The summed E-state index contributed by atoms with van der Waals surface area (Å²) in [5.41, 5.74) is 3.38. The minimum Gasteiger partial charge on any atom is -0.454 e. The number of anilines is 1. The van der Waals surface area contributed by atoms with Gasteiger partial charge in [-0.1, -0.05) is 42.5 Å². The maximum Gasteiger partial charge on any atom is 0.255 e. The van der Waals surface area contributed by atoms with Crippen LogP contribution in [0.5, 0.6) is 11.5 Å². The molecule has 0 spiro atoms. The highest BCUT2D eigenvalue weighted by Gasteiger charge is 2.24. The number of hydrogen-bond acceptors (Lipinski definition) is 5. The van der Waals surface area contributed by atoms with Crippen molar-refractivity contribution in [1.29, 1.82) is 0 Å². The second-order valence-electron chi connectivity index (χ2n) is 8.86. The monoisotopic (exact) mass is 481 g/mol. The van der Waals surface area contributed by atoms with Gasteiger partial charge in [0.05, 0.1) is 11.1 Å². The van der Waals surface area contributed by atoms with Crippen molar-refractivity contribution < 1.29 is 19.1 Å². The number of benzene rings is 3. The molecule has 1 N–H and O–H groups in total. The van der Waals surface area contributed by atoms with Gasteiger partial charge in [0, 0.05) is 36.3 Å². The highest BCUT2D eigenvalue weighted by atomic mass is 16.7. The number of rotatable bonds is 4. The molecule has 6 rings (SSSR count). The molecule has 2 aliphatic heterocycles. The Bertz CT molecular complexity index is 1580. The summed E-state index contributed by atoms with van der Waals surface area (Å²) in [6.07, 6.45) is 0.775. The molecule has 0 aliphatic carbocycles. The molecular formula is C28H23N3O5. The van der Waals surface area contributed by atoms with E-state index < -0.39 is 5.56 Å². The molecule has 2 amide bonds. The van der Waals surface area contributed by atoms with E-state index in [2.05, 4.69) is 11.4 Å². The summed E-state index contributed by atoms with van der Waals surface area (Å²) in [7, 11) is 0. The highest BCUT2D eigenvalue weighted by Crippen LogP contribution is 2.34. The molecule has 0 radical (unpaired) electrons. The van der Waals surface area contributed by atoms with Crippen molar-refractivity contribution in [3.8, 4) is 11.5 Å². The Morgan fingerprint density at radius 3 is 2.56 bits per heavy atom. The van der Waals surface area contributed by atoms with Gasteiger partial charge in [0.15, 0.2) is 11.5 Å². The van der Waals surface area contributed by atoms with E-state index in [0.29, 0.717) is 46.7 Å². The molecule has 36 heavy (non-hydrogen) atoms. The second-order valence-corrected chi connectivity index (χ2v) is 8.86. The fourth-order valence-electron chi connectivity index (χ4n) is 4.83. The number of hydrogen-bond donors (Lipinski definition) is 1. The van der Waals surface area contributed by atoms with Gasteiger partial charge in [-0.3, -0.25) is 19.0 Å². The van der Waals surface area contributed by atoms with E-state index in [-0.39, 0.29) is 25.2 Å². The number of amides is 2. The molecule has 0 saturated heterocycles. The lowest BCUT2D eigenvalue weighted by Gasteiger charge is -2.29. The van der Waals surface area contributed by atoms with Gasteiger partial charge in [-0.2, -0.15) is 0 Å². The molecule has 3 heterocycles. The number of aromatic nitrogens is 1. The van der Waals surface area contributed by atoms with Gasteiger partial charge < -0.3 is 19.7 Å². The van der Waals surface area contributed by atoms with E-state index in [1.165, 1.54) is 16.2 Å². The van der Waals surface area contributed by atoms with Gasteiger partial charge in [-0.05, 0) is 35.7 Å². The zero-order chi connectivity index (χ0) is 24.6. The standard InChI is InChI=1S/C28H23N3O5/c32-26(29-20-9-10-24-25(13-20)36-17-35-24)16-31-23-8-4-3-7-21(23)22(14-27(31)33)28(34)30-12-11-18-5-1-2-6-19(18)15-30/h1-10,13-14H,11-12,15-17H2,(H,29,32). The summed E-state index contributed by atoms with van der Waals surface area (Å²) in [5.74, 6) is 0.619. The first-order valence-corrected chi connectivity index (χ1v) is 11.7. The lowest BCUT2D eigenvalue weighted by molar-refractivity contribution is -0.116. The average molecular weight is 482 g/mol. The predicted molar refractivity (Wildman–Crippen MR) is 134 cm³/mol. The van der Waals surface area contributed by atoms with Crippen molar-refractivity contribution in [3.05, 3.63) is 99.8 Å². The number of carbonyl (C=O) groups excluding carboxylic acids is 2. The highest BCUT2D eigenvalue weighted by molar-refractivity contribution is 6.06. The summed E-state index contributed by atoms with van der Waals surface area (Å²) in [6, 6.07) is 21.7. The molecular weight excluding hydrogens is 458 g/mol. The summed E-state index contributed by atoms with van der Waals surface area (Å²) in [6.45, 7) is 1.04. The van der Waals surface area contributed by atoms with Gasteiger partial charge in [0.25, 0.3) is 11.5 Å². The van der Waals surface area contributed by atoms with E-state index >= 15 is 0 Å². The van der Waals surface area contributed by atoms with Gasteiger partial charge in [-0.15, -0.1) is 0 Å². The number of nitrogens with zero attached hydrogens (tertiary/aromatic N) is 2. The van der Waals surface area contributed by atoms with Crippen molar-refractivity contribution in [2.24, 2.45) is 0 Å². The van der Waals surface area contributed by atoms with E-state index in [1.54, 1.807) is 35.2 Å². The first-order chi connectivity index (χ1) is 17.6. The van der Waals surface area contributed by atoms with E-state index in [9.17, 15) is 14.4 Å². The van der Waals surface area contributed by atoms with Crippen LogP contribution in [-0.2, 0) is 24.3 Å². The van der Waals surface area contributed by atoms with Crippen LogP contribution >= 0.6 is 0 Å². The van der Waals surface area contributed by atoms with Crippen molar-refractivity contribution in [2.45, 2.75) is 19.5 Å². The quantitative estimate of drug-likeness (QED) is 0.481. The summed E-state index contributed by atoms with van der Waals surface area (Å²) >= 11 is 0. The fraction of sp³-hybridized carbons (Fsp3) is 0.179. The molecule has 3 aromatic carbocycles. The molecule has 8 heteroatoms. The van der Waals surface area contributed by atoms with E-state index in [4.69, 9.17) is 9.47 Å². The molecule has 0 bridgehead atoms. The van der Waals surface area contributed by atoms with Crippen LogP contribution in [0.25, 0.3) is 10.9 Å². The van der Waals surface area contributed by atoms with Crippen LogP contribution in [0.4, 0.5) is 5.69 Å². The van der Waals surface area contributed by atoms with Crippen LogP contribution in [0.15, 0.2) is 77.6 Å². The Morgan fingerprint density at radius 1 is 0.889 bits per heavy atom. The van der Waals surface area contributed by atoms with E-state index in [0.717, 1.165) is 12.0 Å². The van der Waals surface area contributed by atoms with Crippen LogP contribution in [-0.4, -0.2) is 34.6 Å². The number of ether oxygens (including phenoxy) is 2. The normalized spacial score (nSPS) is 13.9. The zero-order valence-corrected chi connectivity index (χ0v) is 19.4. The van der Waals surface area contributed by atoms with Gasteiger partial charge in [-0.25, -0.2) is 0 Å². The van der Waals surface area contributed by atoms with Crippen LogP contribution < -0.4 is 20.3 Å². The number of para-hydroxylation sites is 1. The third kappa shape index (κ3) is 3.96. The van der Waals surface area contributed by atoms with Gasteiger partial charge >= 0.3 is 0 Å². The fourth-order valence-corrected chi connectivity index (χ4v) is 4.83. The van der Waals surface area contributed by atoms with Crippen LogP contribution in [0.3, 0.4) is 0 Å². The van der Waals surface area contributed by atoms with Crippen molar-refractivity contribution >= 4 is 28.4 Å². The number of fused-ring (bicyclic) bond motifs is 3. The third-order valence-corrected chi connectivity index (χ3v) is 6.63. The smallest absolute Gasteiger partial charge is 0.255 e. The van der Waals surface area contributed by atoms with Crippen molar-refractivity contribution in [1.82, 2.24) is 9.47 Å². The molecule has 0 fully saturated rings. The molecule has 4 aromatic rings. The number of nitrogens with one attached hydrogen (secondary N) is 1. The maximum absolute atomic E-state index is 13.5. The van der Waals surface area contributed by atoms with Gasteiger partial charge in [0.1, 0.15) is 6.54 Å². The largest absolute Gasteiger partial charge is 0.454 e. The zero-order valence-electron chi connectivity index (χ0n) is 19.4. The summed E-state index contributed by atoms with van der Waals surface area (Å²) < 4.78 is 12.0. The van der Waals surface area contributed by atoms with E-state index in [1.807, 2.05) is 30.3 Å². The predicted octanol–water partition coefficient (Wildman–Crippen LogP) is 3.57.